The van der Waals surface area contributed by atoms with Crippen molar-refractivity contribution in [2.45, 2.75) is 25.0 Å². The molecule has 1 amide bonds. The summed E-state index contributed by atoms with van der Waals surface area (Å²) in [5.74, 6) is -1.09. The lowest BCUT2D eigenvalue weighted by Gasteiger charge is -2.30. The maximum Gasteiger partial charge on any atom is 0.223 e. The Bertz CT molecular complexity index is 673. The maximum atomic E-state index is 13.7. The van der Waals surface area contributed by atoms with Crippen LogP contribution in [0.4, 0.5) is 4.39 Å². The number of piperidine rings is 1. The lowest BCUT2D eigenvalue weighted by molar-refractivity contribution is -0.126. The van der Waals surface area contributed by atoms with E-state index in [1.807, 2.05) is 0 Å². The number of halogens is 1. The molecular weight excluding hydrogens is 347 g/mol. The Balaban J connectivity index is 1.84. The van der Waals surface area contributed by atoms with Crippen molar-refractivity contribution in [1.82, 2.24) is 9.62 Å². The van der Waals surface area contributed by atoms with Crippen molar-refractivity contribution < 1.29 is 22.3 Å². The van der Waals surface area contributed by atoms with Crippen LogP contribution in [0.5, 0.6) is 0 Å². The molecule has 1 aromatic rings. The van der Waals surface area contributed by atoms with E-state index < -0.39 is 15.8 Å². The summed E-state index contributed by atoms with van der Waals surface area (Å²) in [6.45, 7) is 1.71. The standard InChI is InChI=1S/C17H25FN2O4S/c1-24-12-4-9-19-17(21)14-7-10-20(11-8-14)25(22,23)13-15-5-2-3-6-16(15)18/h2-3,5-6,14H,4,7-13H2,1H3,(H,19,21). The zero-order valence-corrected chi connectivity index (χ0v) is 15.2. The molecule has 0 aromatic heterocycles. The predicted molar refractivity (Wildman–Crippen MR) is 92.8 cm³/mol. The van der Waals surface area contributed by atoms with E-state index in [0.717, 1.165) is 6.42 Å². The number of hydrogen-bond acceptors (Lipinski definition) is 4. The normalized spacial score (nSPS) is 16.7. The number of ether oxygens (including phenoxy) is 1. The molecule has 1 heterocycles. The predicted octanol–water partition coefficient (Wildman–Crippen LogP) is 1.52. The van der Waals surface area contributed by atoms with Crippen LogP contribution in [0, 0.1) is 11.7 Å². The van der Waals surface area contributed by atoms with E-state index in [9.17, 15) is 17.6 Å². The third-order valence-corrected chi connectivity index (χ3v) is 6.17. The van der Waals surface area contributed by atoms with E-state index >= 15 is 0 Å². The molecule has 0 bridgehead atoms. The van der Waals surface area contributed by atoms with Gasteiger partial charge in [0.15, 0.2) is 0 Å². The van der Waals surface area contributed by atoms with Crippen LogP contribution in [-0.2, 0) is 25.3 Å². The Kier molecular flexibility index (Phi) is 7.34. The van der Waals surface area contributed by atoms with Crippen molar-refractivity contribution in [3.05, 3.63) is 35.6 Å². The molecule has 6 nitrogen and oxygen atoms in total. The highest BCUT2D eigenvalue weighted by molar-refractivity contribution is 7.88. The van der Waals surface area contributed by atoms with Crippen LogP contribution < -0.4 is 5.32 Å². The summed E-state index contributed by atoms with van der Waals surface area (Å²) in [6, 6.07) is 5.88. The minimum Gasteiger partial charge on any atom is -0.385 e. The number of amides is 1. The molecule has 1 fully saturated rings. The molecule has 1 N–H and O–H groups in total. The maximum absolute atomic E-state index is 13.7. The molecule has 25 heavy (non-hydrogen) atoms. The number of carbonyl (C=O) groups excluding carboxylic acids is 1. The molecule has 0 saturated carbocycles. The first kappa shape index (κ1) is 19.8. The molecular formula is C17H25FN2O4S. The molecule has 0 aliphatic carbocycles. The van der Waals surface area contributed by atoms with Crippen LogP contribution in [0.1, 0.15) is 24.8 Å². The van der Waals surface area contributed by atoms with Gasteiger partial charge in [-0.25, -0.2) is 17.1 Å². The van der Waals surface area contributed by atoms with E-state index in [4.69, 9.17) is 4.74 Å². The van der Waals surface area contributed by atoms with Gasteiger partial charge in [-0.05, 0) is 25.3 Å². The lowest BCUT2D eigenvalue weighted by Crippen LogP contribution is -2.43. The Morgan fingerprint density at radius 1 is 1.32 bits per heavy atom. The first-order valence-electron chi connectivity index (χ1n) is 8.42. The second kappa shape index (κ2) is 9.26. The van der Waals surface area contributed by atoms with Gasteiger partial charge in [-0.1, -0.05) is 18.2 Å². The molecule has 0 unspecified atom stereocenters. The second-order valence-corrected chi connectivity index (χ2v) is 8.13. The van der Waals surface area contributed by atoms with E-state index in [1.54, 1.807) is 13.2 Å². The smallest absolute Gasteiger partial charge is 0.223 e. The highest BCUT2D eigenvalue weighted by atomic mass is 32.2. The first-order valence-corrected chi connectivity index (χ1v) is 10.0. The zero-order chi connectivity index (χ0) is 18.3. The summed E-state index contributed by atoms with van der Waals surface area (Å²) in [6.07, 6.45) is 1.71. The molecule has 8 heteroatoms. The van der Waals surface area contributed by atoms with Crippen molar-refractivity contribution in [2.24, 2.45) is 5.92 Å². The average Bonchev–Trinajstić information content (AvgIpc) is 2.60. The summed E-state index contributed by atoms with van der Waals surface area (Å²) in [4.78, 5) is 12.1. The van der Waals surface area contributed by atoms with Crippen LogP contribution in [0.25, 0.3) is 0 Å². The minimum absolute atomic E-state index is 0.0396. The van der Waals surface area contributed by atoms with Gasteiger partial charge in [0.1, 0.15) is 5.82 Å². The van der Waals surface area contributed by atoms with Crippen LogP contribution in [0.2, 0.25) is 0 Å². The van der Waals surface area contributed by atoms with Crippen molar-refractivity contribution in [2.75, 3.05) is 33.4 Å². The number of sulfonamides is 1. The summed E-state index contributed by atoms with van der Waals surface area (Å²) in [5, 5.41) is 2.85. The van der Waals surface area contributed by atoms with Crippen LogP contribution >= 0.6 is 0 Å². The first-order chi connectivity index (χ1) is 11.9. The third-order valence-electron chi connectivity index (χ3n) is 4.34. The number of methoxy groups -OCH3 is 1. The summed E-state index contributed by atoms with van der Waals surface area (Å²) in [5.41, 5.74) is 0.167. The molecule has 1 aliphatic rings. The van der Waals surface area contributed by atoms with E-state index in [-0.39, 0.29) is 36.2 Å². The van der Waals surface area contributed by atoms with E-state index in [2.05, 4.69) is 5.32 Å². The fraction of sp³-hybridized carbons (Fsp3) is 0.588. The van der Waals surface area contributed by atoms with Gasteiger partial charge in [0.05, 0.1) is 5.75 Å². The van der Waals surface area contributed by atoms with Crippen molar-refractivity contribution in [3.63, 3.8) is 0 Å². The molecule has 2 rings (SSSR count). The van der Waals surface area contributed by atoms with Gasteiger partial charge in [0, 0.05) is 44.8 Å². The molecule has 0 spiro atoms. The molecule has 0 radical (unpaired) electrons. The summed E-state index contributed by atoms with van der Waals surface area (Å²) >= 11 is 0. The van der Waals surface area contributed by atoms with E-state index in [1.165, 1.54) is 22.5 Å². The monoisotopic (exact) mass is 372 g/mol. The molecule has 140 valence electrons. The average molecular weight is 372 g/mol. The number of hydrogen-bond donors (Lipinski definition) is 1. The van der Waals surface area contributed by atoms with Gasteiger partial charge in [-0.3, -0.25) is 4.79 Å². The number of carbonyl (C=O) groups is 1. The number of rotatable bonds is 8. The fourth-order valence-corrected chi connectivity index (χ4v) is 4.45. The van der Waals surface area contributed by atoms with Crippen LogP contribution in [-0.4, -0.2) is 52.0 Å². The highest BCUT2D eigenvalue weighted by Crippen LogP contribution is 2.22. The molecule has 1 saturated heterocycles. The van der Waals surface area contributed by atoms with E-state index in [0.29, 0.717) is 26.0 Å². The molecule has 0 atom stereocenters. The quantitative estimate of drug-likeness (QED) is 0.702. The second-order valence-electron chi connectivity index (χ2n) is 6.16. The summed E-state index contributed by atoms with van der Waals surface area (Å²) < 4.78 is 44.9. The van der Waals surface area contributed by atoms with Crippen LogP contribution in [0.3, 0.4) is 0 Å². The molecule has 1 aliphatic heterocycles. The number of nitrogens with one attached hydrogen (secondary N) is 1. The third kappa shape index (κ3) is 5.76. The summed E-state index contributed by atoms with van der Waals surface area (Å²) in [7, 11) is -1.98. The van der Waals surface area contributed by atoms with Gasteiger partial charge in [-0.15, -0.1) is 0 Å². The van der Waals surface area contributed by atoms with Crippen molar-refractivity contribution in [3.8, 4) is 0 Å². The SMILES string of the molecule is COCCCNC(=O)C1CCN(S(=O)(=O)Cc2ccccc2F)CC1. The highest BCUT2D eigenvalue weighted by Gasteiger charge is 2.31. The minimum atomic E-state index is -3.59. The van der Waals surface area contributed by atoms with Crippen molar-refractivity contribution >= 4 is 15.9 Å². The van der Waals surface area contributed by atoms with Gasteiger partial charge in [-0.2, -0.15) is 0 Å². The Morgan fingerprint density at radius 3 is 2.64 bits per heavy atom. The zero-order valence-electron chi connectivity index (χ0n) is 14.4. The van der Waals surface area contributed by atoms with Gasteiger partial charge in [0.2, 0.25) is 15.9 Å². The fourth-order valence-electron chi connectivity index (χ4n) is 2.87. The van der Waals surface area contributed by atoms with Gasteiger partial charge < -0.3 is 10.1 Å². The number of benzene rings is 1. The lowest BCUT2D eigenvalue weighted by atomic mass is 9.97. The Hall–Kier alpha value is -1.51. The van der Waals surface area contributed by atoms with Gasteiger partial charge >= 0.3 is 0 Å². The Labute approximate surface area is 148 Å². The molecule has 1 aromatic carbocycles. The number of nitrogens with zero attached hydrogens (tertiary/aromatic N) is 1. The van der Waals surface area contributed by atoms with Crippen LogP contribution in [0.15, 0.2) is 24.3 Å². The van der Waals surface area contributed by atoms with Gasteiger partial charge in [0.25, 0.3) is 0 Å². The topological polar surface area (TPSA) is 75.7 Å². The van der Waals surface area contributed by atoms with Crippen molar-refractivity contribution in [1.29, 1.82) is 0 Å². The Morgan fingerprint density at radius 2 is 2.00 bits per heavy atom. The largest absolute Gasteiger partial charge is 0.385 e.